The lowest BCUT2D eigenvalue weighted by atomic mass is 10.0. The summed E-state index contributed by atoms with van der Waals surface area (Å²) in [6.45, 7) is 2.15. The minimum absolute atomic E-state index is 0.0827. The number of rotatable bonds is 9. The minimum Gasteiger partial charge on any atom is -0.492 e. The number of hydrogen-bond donors (Lipinski definition) is 4. The number of carboxylic acid groups (broad SMARTS) is 1. The molecule has 0 fully saturated rings. The predicted octanol–water partition coefficient (Wildman–Crippen LogP) is 4.27. The molecular weight excluding hydrogens is 545 g/mol. The quantitative estimate of drug-likeness (QED) is 0.220. The number of ether oxygens (including phenoxy) is 1. The van der Waals surface area contributed by atoms with Crippen molar-refractivity contribution >= 4 is 40.5 Å². The fourth-order valence-corrected chi connectivity index (χ4v) is 4.16. The van der Waals surface area contributed by atoms with Crippen molar-refractivity contribution in [3.05, 3.63) is 94.8 Å². The summed E-state index contributed by atoms with van der Waals surface area (Å²) < 4.78 is 45.1. The van der Waals surface area contributed by atoms with Crippen LogP contribution in [0.4, 0.5) is 24.5 Å². The summed E-state index contributed by atoms with van der Waals surface area (Å²) in [5.74, 6) is -4.72. The number of nitrogens with two attached hydrogens (primary N) is 1. The molecule has 2 heterocycles. The van der Waals surface area contributed by atoms with Gasteiger partial charge in [0.1, 0.15) is 12.4 Å². The summed E-state index contributed by atoms with van der Waals surface area (Å²) in [6.07, 6.45) is -3.67. The summed E-state index contributed by atoms with van der Waals surface area (Å²) in [5.41, 5.74) is 5.46. The summed E-state index contributed by atoms with van der Waals surface area (Å²) >= 11 is 0. The molecule has 212 valence electrons. The lowest BCUT2D eigenvalue weighted by molar-refractivity contribution is -0.167. The molecule has 0 bridgehead atoms. The summed E-state index contributed by atoms with van der Waals surface area (Å²) in [6, 6.07) is 14.3. The number of carbonyl (C=O) groups excluding carboxylic acids is 3. The Balaban J connectivity index is 1.71. The number of aromatic nitrogens is 1. The molecule has 2 aromatic carbocycles. The zero-order valence-electron chi connectivity index (χ0n) is 21.4. The van der Waals surface area contributed by atoms with Crippen LogP contribution >= 0.6 is 0 Å². The Kier molecular flexibility index (Phi) is 8.10. The summed E-state index contributed by atoms with van der Waals surface area (Å²) in [4.78, 5) is 49.9. The second-order valence-corrected chi connectivity index (χ2v) is 8.77. The number of hydrogen-bond acceptors (Lipinski definition) is 6. The second-order valence-electron chi connectivity index (χ2n) is 8.77. The number of fused-ring (bicyclic) bond motifs is 1. The fraction of sp³-hybridized carbons (Fsp3) is 0.143. The number of carbonyl (C=O) groups is 4. The summed E-state index contributed by atoms with van der Waals surface area (Å²) in [7, 11) is 0. The van der Waals surface area contributed by atoms with Crippen molar-refractivity contribution in [3.63, 3.8) is 0 Å². The first-order valence-corrected chi connectivity index (χ1v) is 12.1. The first-order chi connectivity index (χ1) is 19.4. The van der Waals surface area contributed by atoms with Gasteiger partial charge in [-0.2, -0.15) is 13.2 Å². The molecule has 4 rings (SSSR count). The number of amides is 2. The SMILES string of the molecule is Cc1c(NC(=O)c2cccc(OCCN)c2)c2ccccn2c1C(=O)c1ccc(NC(=O)C(F)(F)F)c(C(=O)O)c1. The molecule has 13 heteroatoms. The monoisotopic (exact) mass is 568 g/mol. The van der Waals surface area contributed by atoms with Gasteiger partial charge < -0.3 is 30.6 Å². The molecule has 10 nitrogen and oxygen atoms in total. The van der Waals surface area contributed by atoms with Crippen LogP contribution in [0.2, 0.25) is 0 Å². The third kappa shape index (κ3) is 6.04. The molecular formula is C28H23F3N4O6. The predicted molar refractivity (Wildman–Crippen MR) is 143 cm³/mol. The van der Waals surface area contributed by atoms with Crippen LogP contribution in [-0.2, 0) is 4.79 Å². The molecule has 2 amide bonds. The number of ketones is 1. The first-order valence-electron chi connectivity index (χ1n) is 12.1. The smallest absolute Gasteiger partial charge is 0.471 e. The lowest BCUT2D eigenvalue weighted by Gasteiger charge is -2.12. The number of carboxylic acids is 1. The van der Waals surface area contributed by atoms with Gasteiger partial charge in [0.2, 0.25) is 5.78 Å². The van der Waals surface area contributed by atoms with Gasteiger partial charge in [0.15, 0.2) is 0 Å². The highest BCUT2D eigenvalue weighted by Crippen LogP contribution is 2.32. The van der Waals surface area contributed by atoms with Crippen LogP contribution in [0.3, 0.4) is 0 Å². The number of benzene rings is 2. The minimum atomic E-state index is -5.24. The maximum atomic E-state index is 13.6. The Hall–Kier alpha value is -5.17. The molecule has 0 aliphatic heterocycles. The molecule has 0 atom stereocenters. The largest absolute Gasteiger partial charge is 0.492 e. The van der Waals surface area contributed by atoms with Gasteiger partial charge in [0.25, 0.3) is 5.91 Å². The Morgan fingerprint density at radius 2 is 1.73 bits per heavy atom. The second kappa shape index (κ2) is 11.5. The van der Waals surface area contributed by atoms with Gasteiger partial charge in [-0.3, -0.25) is 14.4 Å². The van der Waals surface area contributed by atoms with Crippen LogP contribution in [0, 0.1) is 6.92 Å². The molecule has 0 aliphatic carbocycles. The lowest BCUT2D eigenvalue weighted by Crippen LogP contribution is -2.30. The third-order valence-electron chi connectivity index (χ3n) is 6.04. The van der Waals surface area contributed by atoms with Gasteiger partial charge in [-0.05, 0) is 55.5 Å². The van der Waals surface area contributed by atoms with Crippen LogP contribution in [0.5, 0.6) is 5.75 Å². The van der Waals surface area contributed by atoms with E-state index >= 15 is 0 Å². The number of alkyl halides is 3. The molecule has 0 saturated heterocycles. The molecule has 4 aromatic rings. The van der Waals surface area contributed by atoms with E-state index in [0.717, 1.165) is 18.2 Å². The van der Waals surface area contributed by atoms with Crippen molar-refractivity contribution in [2.24, 2.45) is 5.73 Å². The van der Waals surface area contributed by atoms with Crippen LogP contribution in [0.1, 0.15) is 42.3 Å². The Bertz CT molecular complexity index is 1680. The highest BCUT2D eigenvalue weighted by atomic mass is 19.4. The fourth-order valence-electron chi connectivity index (χ4n) is 4.16. The van der Waals surface area contributed by atoms with Crippen molar-refractivity contribution in [1.82, 2.24) is 4.40 Å². The number of nitrogens with one attached hydrogen (secondary N) is 2. The molecule has 41 heavy (non-hydrogen) atoms. The number of anilines is 2. The van der Waals surface area contributed by atoms with E-state index in [4.69, 9.17) is 10.5 Å². The first kappa shape index (κ1) is 28.8. The molecule has 0 spiro atoms. The van der Waals surface area contributed by atoms with Gasteiger partial charge >= 0.3 is 18.1 Å². The summed E-state index contributed by atoms with van der Waals surface area (Å²) in [5, 5.41) is 13.9. The normalized spacial score (nSPS) is 11.2. The van der Waals surface area contributed by atoms with Crippen molar-refractivity contribution < 1.29 is 42.2 Å². The van der Waals surface area contributed by atoms with Crippen molar-refractivity contribution in [1.29, 1.82) is 0 Å². The number of aromatic carboxylic acids is 1. The number of halogens is 3. The maximum absolute atomic E-state index is 13.6. The molecule has 0 aliphatic rings. The zero-order chi connectivity index (χ0) is 29.9. The highest BCUT2D eigenvalue weighted by Gasteiger charge is 2.39. The number of pyridine rings is 1. The van der Waals surface area contributed by atoms with Gasteiger partial charge in [0.05, 0.1) is 28.1 Å². The van der Waals surface area contributed by atoms with Gasteiger partial charge in [-0.25, -0.2) is 4.79 Å². The molecule has 0 unspecified atom stereocenters. The Labute approximate surface area is 230 Å². The van der Waals surface area contributed by atoms with E-state index in [2.05, 4.69) is 5.32 Å². The topological polar surface area (TPSA) is 152 Å². The average molecular weight is 569 g/mol. The van der Waals surface area contributed by atoms with E-state index in [1.54, 1.807) is 49.5 Å². The van der Waals surface area contributed by atoms with Crippen molar-refractivity contribution in [2.45, 2.75) is 13.1 Å². The van der Waals surface area contributed by atoms with Crippen LogP contribution in [0.25, 0.3) is 5.52 Å². The van der Waals surface area contributed by atoms with Gasteiger partial charge in [-0.1, -0.05) is 12.1 Å². The molecule has 5 N–H and O–H groups in total. The molecule has 0 saturated carbocycles. The van der Waals surface area contributed by atoms with Crippen molar-refractivity contribution in [3.8, 4) is 5.75 Å². The van der Waals surface area contributed by atoms with E-state index in [0.29, 0.717) is 29.1 Å². The van der Waals surface area contributed by atoms with Gasteiger partial charge in [-0.15, -0.1) is 0 Å². The number of nitrogens with zero attached hydrogens (tertiary/aromatic N) is 1. The van der Waals surface area contributed by atoms with E-state index in [9.17, 15) is 37.5 Å². The standard InChI is InChI=1S/C28H23F3N4O6/c1-15-22(34-25(37)17-5-4-6-18(13-17)41-12-10-32)21-7-2-3-11-35(21)23(15)24(36)16-8-9-20(19(14-16)26(38)39)33-27(40)28(29,30)31/h2-9,11,13-14H,10,12,32H2,1H3,(H,33,40)(H,34,37)(H,38,39). The van der Waals surface area contributed by atoms with Crippen LogP contribution < -0.4 is 21.1 Å². The Morgan fingerprint density at radius 3 is 2.41 bits per heavy atom. The average Bonchev–Trinajstić information content (AvgIpc) is 3.21. The van der Waals surface area contributed by atoms with E-state index in [1.807, 2.05) is 0 Å². The van der Waals surface area contributed by atoms with Crippen molar-refractivity contribution in [2.75, 3.05) is 23.8 Å². The van der Waals surface area contributed by atoms with Crippen LogP contribution in [-0.4, -0.2) is 52.4 Å². The maximum Gasteiger partial charge on any atom is 0.471 e. The van der Waals surface area contributed by atoms with E-state index in [-0.39, 0.29) is 23.4 Å². The van der Waals surface area contributed by atoms with Crippen LogP contribution in [0.15, 0.2) is 66.9 Å². The van der Waals surface area contributed by atoms with Gasteiger partial charge in [0, 0.05) is 29.4 Å². The molecule has 0 radical (unpaired) electrons. The highest BCUT2D eigenvalue weighted by molar-refractivity contribution is 6.15. The Morgan fingerprint density at radius 1 is 0.976 bits per heavy atom. The third-order valence-corrected chi connectivity index (χ3v) is 6.04. The zero-order valence-corrected chi connectivity index (χ0v) is 21.4. The van der Waals surface area contributed by atoms with E-state index < -0.39 is 41.0 Å². The molecule has 2 aromatic heterocycles. The van der Waals surface area contributed by atoms with E-state index in [1.165, 1.54) is 15.8 Å².